The van der Waals surface area contributed by atoms with Gasteiger partial charge in [-0.05, 0) is 62.4 Å². The number of carboxylic acid groups (broad SMARTS) is 2. The van der Waals surface area contributed by atoms with Gasteiger partial charge in [0.25, 0.3) is 0 Å². The van der Waals surface area contributed by atoms with Crippen LogP contribution in [0.2, 0.25) is 0 Å². The second-order valence-corrected chi connectivity index (χ2v) is 6.17. The number of carbonyl (C=O) groups is 2. The Morgan fingerprint density at radius 2 is 0.867 bits per heavy atom. The Bertz CT molecular complexity index is 928. The van der Waals surface area contributed by atoms with E-state index in [2.05, 4.69) is 0 Å². The molecular formula is C22H22O8. The summed E-state index contributed by atoms with van der Waals surface area (Å²) in [5.74, 6) is -2.26. The number of benzene rings is 3. The van der Waals surface area contributed by atoms with E-state index in [1.807, 2.05) is 0 Å². The summed E-state index contributed by atoms with van der Waals surface area (Å²) in [6, 6.07) is 14.6. The third-order valence-electron chi connectivity index (χ3n) is 3.61. The number of aromatic carboxylic acids is 2. The average molecular weight is 414 g/mol. The number of rotatable bonds is 2. The molecule has 0 spiro atoms. The average Bonchev–Trinajstić information content (AvgIpc) is 2.68. The molecule has 0 bridgehead atoms. The molecule has 0 aromatic heterocycles. The number of aryl methyl sites for hydroxylation is 2. The van der Waals surface area contributed by atoms with Gasteiger partial charge in [-0.1, -0.05) is 23.3 Å². The molecule has 0 atom stereocenters. The number of phenolic OH excluding ortho intramolecular Hbond substituents is 2. The quantitative estimate of drug-likeness (QED) is 0.345. The Morgan fingerprint density at radius 3 is 1.10 bits per heavy atom. The van der Waals surface area contributed by atoms with Crippen LogP contribution in [-0.2, 0) is 0 Å². The Morgan fingerprint density at radius 1 is 0.567 bits per heavy atom. The molecule has 3 aromatic carbocycles. The molecule has 3 aromatic rings. The van der Waals surface area contributed by atoms with Gasteiger partial charge in [-0.3, -0.25) is 0 Å². The maximum Gasteiger partial charge on any atom is 0.339 e. The zero-order valence-electron chi connectivity index (χ0n) is 16.3. The second kappa shape index (κ2) is 11.0. The van der Waals surface area contributed by atoms with Gasteiger partial charge in [-0.2, -0.15) is 0 Å². The van der Waals surface area contributed by atoms with E-state index < -0.39 is 11.9 Å². The molecule has 0 saturated carbocycles. The van der Waals surface area contributed by atoms with Crippen molar-refractivity contribution in [2.24, 2.45) is 0 Å². The van der Waals surface area contributed by atoms with Gasteiger partial charge in [0, 0.05) is 0 Å². The van der Waals surface area contributed by atoms with E-state index >= 15 is 0 Å². The first-order chi connectivity index (χ1) is 14.0. The monoisotopic (exact) mass is 414 g/mol. The van der Waals surface area contributed by atoms with Crippen molar-refractivity contribution in [3.05, 3.63) is 82.9 Å². The third-order valence-corrected chi connectivity index (χ3v) is 3.61. The molecule has 158 valence electrons. The Labute approximate surface area is 172 Å². The minimum atomic E-state index is -1.11. The van der Waals surface area contributed by atoms with Crippen molar-refractivity contribution in [1.29, 1.82) is 0 Å². The SMILES string of the molecule is Cc1ccc(O)c(C(=O)O)c1.Cc1ccc(O)c(C(=O)O)c1.Oc1ccc(O)cc1. The molecule has 0 aliphatic heterocycles. The fraction of sp³-hybridized carbons (Fsp3) is 0.0909. The number of hydrogen-bond donors (Lipinski definition) is 6. The van der Waals surface area contributed by atoms with Crippen LogP contribution in [0.1, 0.15) is 31.8 Å². The van der Waals surface area contributed by atoms with Crippen molar-refractivity contribution in [2.75, 3.05) is 0 Å². The van der Waals surface area contributed by atoms with Gasteiger partial charge >= 0.3 is 11.9 Å². The van der Waals surface area contributed by atoms with E-state index in [4.69, 9.17) is 30.6 Å². The van der Waals surface area contributed by atoms with E-state index in [1.165, 1.54) is 48.5 Å². The highest BCUT2D eigenvalue weighted by Gasteiger charge is 2.08. The molecule has 8 nitrogen and oxygen atoms in total. The van der Waals surface area contributed by atoms with Crippen molar-refractivity contribution in [3.63, 3.8) is 0 Å². The number of carboxylic acids is 2. The van der Waals surface area contributed by atoms with Gasteiger partial charge < -0.3 is 30.6 Å². The zero-order chi connectivity index (χ0) is 22.8. The molecule has 0 aliphatic rings. The first-order valence-corrected chi connectivity index (χ1v) is 8.55. The first-order valence-electron chi connectivity index (χ1n) is 8.55. The normalized spacial score (nSPS) is 9.40. The minimum Gasteiger partial charge on any atom is -0.508 e. The number of aromatic hydroxyl groups is 4. The van der Waals surface area contributed by atoms with Crippen LogP contribution in [0.4, 0.5) is 0 Å². The van der Waals surface area contributed by atoms with Gasteiger partial charge in [-0.25, -0.2) is 9.59 Å². The van der Waals surface area contributed by atoms with E-state index in [1.54, 1.807) is 26.0 Å². The lowest BCUT2D eigenvalue weighted by molar-refractivity contribution is 0.0682. The topological polar surface area (TPSA) is 156 Å². The van der Waals surface area contributed by atoms with E-state index in [-0.39, 0.29) is 34.1 Å². The Hall–Kier alpha value is -4.20. The summed E-state index contributed by atoms with van der Waals surface area (Å²) in [6.45, 7) is 3.54. The third kappa shape index (κ3) is 7.81. The summed E-state index contributed by atoms with van der Waals surface area (Å²) in [4.78, 5) is 20.8. The molecule has 3 rings (SSSR count). The van der Waals surface area contributed by atoms with Crippen LogP contribution < -0.4 is 0 Å². The van der Waals surface area contributed by atoms with Crippen LogP contribution >= 0.6 is 0 Å². The van der Waals surface area contributed by atoms with Crippen molar-refractivity contribution < 1.29 is 40.2 Å². The molecule has 0 saturated heterocycles. The highest BCUT2D eigenvalue weighted by atomic mass is 16.4. The van der Waals surface area contributed by atoms with Crippen LogP contribution in [0.5, 0.6) is 23.0 Å². The minimum absolute atomic E-state index is 0.0509. The summed E-state index contributed by atoms with van der Waals surface area (Å²) >= 11 is 0. The maximum absolute atomic E-state index is 10.4. The van der Waals surface area contributed by atoms with Crippen LogP contribution in [-0.4, -0.2) is 42.6 Å². The summed E-state index contributed by atoms with van der Waals surface area (Å²) in [6.07, 6.45) is 0. The lowest BCUT2D eigenvalue weighted by Crippen LogP contribution is -1.96. The van der Waals surface area contributed by atoms with Crippen LogP contribution in [0, 0.1) is 13.8 Å². The number of phenols is 4. The van der Waals surface area contributed by atoms with Gasteiger partial charge in [0.1, 0.15) is 34.1 Å². The van der Waals surface area contributed by atoms with Gasteiger partial charge in [-0.15, -0.1) is 0 Å². The van der Waals surface area contributed by atoms with Crippen molar-refractivity contribution >= 4 is 11.9 Å². The van der Waals surface area contributed by atoms with Crippen LogP contribution in [0.15, 0.2) is 60.7 Å². The smallest absolute Gasteiger partial charge is 0.339 e. The van der Waals surface area contributed by atoms with Gasteiger partial charge in [0.15, 0.2) is 0 Å². The van der Waals surface area contributed by atoms with Crippen molar-refractivity contribution in [1.82, 2.24) is 0 Å². The first kappa shape index (κ1) is 23.8. The molecule has 0 heterocycles. The Kier molecular flexibility index (Phi) is 8.71. The van der Waals surface area contributed by atoms with Gasteiger partial charge in [0.2, 0.25) is 0 Å². The summed E-state index contributed by atoms with van der Waals surface area (Å²) < 4.78 is 0. The highest BCUT2D eigenvalue weighted by Crippen LogP contribution is 2.18. The lowest BCUT2D eigenvalue weighted by Gasteiger charge is -1.98. The predicted molar refractivity (Wildman–Crippen MR) is 109 cm³/mol. The van der Waals surface area contributed by atoms with E-state index in [9.17, 15) is 9.59 Å². The summed E-state index contributed by atoms with van der Waals surface area (Å²) in [5, 5.41) is 52.4. The summed E-state index contributed by atoms with van der Waals surface area (Å²) in [7, 11) is 0. The van der Waals surface area contributed by atoms with Crippen LogP contribution in [0.25, 0.3) is 0 Å². The largest absolute Gasteiger partial charge is 0.508 e. The molecule has 0 fully saturated rings. The molecule has 0 amide bonds. The molecule has 0 radical (unpaired) electrons. The molecule has 6 N–H and O–H groups in total. The highest BCUT2D eigenvalue weighted by molar-refractivity contribution is 5.91. The Balaban J connectivity index is 0.000000228. The van der Waals surface area contributed by atoms with Crippen LogP contribution in [0.3, 0.4) is 0 Å². The molecule has 0 aliphatic carbocycles. The number of hydrogen-bond acceptors (Lipinski definition) is 6. The maximum atomic E-state index is 10.4. The standard InChI is InChI=1S/2C8H8O3.C6H6O2/c2*1-5-2-3-7(9)6(4-5)8(10)11;7-5-1-2-6(8)4-3-5/h2*2-4,9H,1H3,(H,10,11);1-4,7-8H. The molecule has 8 heteroatoms. The van der Waals surface area contributed by atoms with E-state index in [0.29, 0.717) is 0 Å². The molecule has 30 heavy (non-hydrogen) atoms. The van der Waals surface area contributed by atoms with E-state index in [0.717, 1.165) is 11.1 Å². The van der Waals surface area contributed by atoms with Crippen molar-refractivity contribution in [3.8, 4) is 23.0 Å². The summed E-state index contributed by atoms with van der Waals surface area (Å²) in [5.41, 5.74) is 1.54. The van der Waals surface area contributed by atoms with Gasteiger partial charge in [0.05, 0.1) is 0 Å². The zero-order valence-corrected chi connectivity index (χ0v) is 16.3. The molecular weight excluding hydrogens is 392 g/mol. The fourth-order valence-electron chi connectivity index (χ4n) is 2.09. The second-order valence-electron chi connectivity index (χ2n) is 6.17. The van der Waals surface area contributed by atoms with Crippen molar-refractivity contribution in [2.45, 2.75) is 13.8 Å². The lowest BCUT2D eigenvalue weighted by atomic mass is 10.1. The fourth-order valence-corrected chi connectivity index (χ4v) is 2.09. The predicted octanol–water partition coefficient (Wildman–Crippen LogP) is 3.90. The molecule has 0 unspecified atom stereocenters.